The van der Waals surface area contributed by atoms with Crippen LogP contribution in [0.4, 0.5) is 4.39 Å². The summed E-state index contributed by atoms with van der Waals surface area (Å²) in [5.74, 6) is -0.700. The molecule has 1 aliphatic heterocycles. The number of Topliss-reactive ketones (excluding diaryl/α,β-unsaturated/α-hetero) is 1. The lowest BCUT2D eigenvalue weighted by atomic mass is 9.78. The van der Waals surface area contributed by atoms with Crippen molar-refractivity contribution in [2.45, 2.75) is 25.0 Å². The van der Waals surface area contributed by atoms with E-state index in [0.29, 0.717) is 5.56 Å². The van der Waals surface area contributed by atoms with Crippen LogP contribution in [0.25, 0.3) is 0 Å². The summed E-state index contributed by atoms with van der Waals surface area (Å²) in [6.45, 7) is 2.04. The van der Waals surface area contributed by atoms with Gasteiger partial charge >= 0.3 is 0 Å². The zero-order valence-electron chi connectivity index (χ0n) is 12.9. The van der Waals surface area contributed by atoms with Crippen LogP contribution in [0.15, 0.2) is 36.4 Å². The molecule has 2 aromatic carbocycles. The molecule has 0 amide bonds. The van der Waals surface area contributed by atoms with Gasteiger partial charge in [0.1, 0.15) is 11.4 Å². The topological polar surface area (TPSA) is 49.3 Å². The Labute approximate surface area is 149 Å². The van der Waals surface area contributed by atoms with Crippen molar-refractivity contribution < 1.29 is 14.3 Å². The third-order valence-electron chi connectivity index (χ3n) is 4.51. The number of nitrogens with one attached hydrogen (secondary N) is 1. The van der Waals surface area contributed by atoms with Crippen LogP contribution in [-0.4, -0.2) is 17.4 Å². The van der Waals surface area contributed by atoms with Crippen LogP contribution in [-0.2, 0) is 16.8 Å². The summed E-state index contributed by atoms with van der Waals surface area (Å²) in [6.07, 6.45) is -0.702. The summed E-state index contributed by atoms with van der Waals surface area (Å²) >= 11 is 12.1. The summed E-state index contributed by atoms with van der Waals surface area (Å²) in [4.78, 5) is 13.0. The van der Waals surface area contributed by atoms with Crippen LogP contribution in [0.3, 0.4) is 0 Å². The van der Waals surface area contributed by atoms with Crippen molar-refractivity contribution in [1.29, 1.82) is 0 Å². The van der Waals surface area contributed by atoms with Gasteiger partial charge in [-0.2, -0.15) is 0 Å². The lowest BCUT2D eigenvalue weighted by Gasteiger charge is -2.38. The van der Waals surface area contributed by atoms with E-state index in [2.05, 4.69) is 5.32 Å². The molecule has 0 saturated heterocycles. The zero-order chi connectivity index (χ0) is 17.5. The Morgan fingerprint density at radius 1 is 1.33 bits per heavy atom. The summed E-state index contributed by atoms with van der Waals surface area (Å²) < 4.78 is 13.3. The van der Waals surface area contributed by atoms with E-state index in [1.807, 2.05) is 24.3 Å². The van der Waals surface area contributed by atoms with Crippen LogP contribution in [0, 0.1) is 5.82 Å². The normalized spacial score (nSPS) is 23.0. The SMILES string of the molecule is C[C@]1(C(=O)Cc2c(Cl)cc(F)cc2Cl)NC[C@@H](O)c2ccccc21. The quantitative estimate of drug-likeness (QED) is 0.867. The number of carbonyl (C=O) groups excluding carboxylic acids is 1. The van der Waals surface area contributed by atoms with Gasteiger partial charge in [0.2, 0.25) is 0 Å². The number of hydrogen-bond acceptors (Lipinski definition) is 3. The molecule has 0 aromatic heterocycles. The van der Waals surface area contributed by atoms with Crippen molar-refractivity contribution in [1.82, 2.24) is 5.32 Å². The number of benzene rings is 2. The largest absolute Gasteiger partial charge is 0.387 e. The van der Waals surface area contributed by atoms with E-state index in [9.17, 15) is 14.3 Å². The minimum Gasteiger partial charge on any atom is -0.387 e. The monoisotopic (exact) mass is 367 g/mol. The van der Waals surface area contributed by atoms with Crippen LogP contribution in [0.1, 0.15) is 29.7 Å². The van der Waals surface area contributed by atoms with Crippen molar-refractivity contribution in [3.05, 3.63) is 69.0 Å². The van der Waals surface area contributed by atoms with Crippen molar-refractivity contribution in [3.8, 4) is 0 Å². The maximum atomic E-state index is 13.3. The smallest absolute Gasteiger partial charge is 0.161 e. The number of aliphatic hydroxyl groups is 1. The molecular formula is C18H16Cl2FNO2. The zero-order valence-corrected chi connectivity index (χ0v) is 14.5. The highest BCUT2D eigenvalue weighted by Crippen LogP contribution is 2.36. The molecule has 3 nitrogen and oxygen atoms in total. The van der Waals surface area contributed by atoms with Gasteiger partial charge in [0, 0.05) is 23.0 Å². The maximum Gasteiger partial charge on any atom is 0.161 e. The fourth-order valence-electron chi connectivity index (χ4n) is 3.08. The molecule has 2 atom stereocenters. The minimum absolute atomic E-state index is 0.0358. The molecule has 6 heteroatoms. The Hall–Kier alpha value is -1.46. The Kier molecular flexibility index (Phi) is 4.67. The van der Waals surface area contributed by atoms with E-state index in [0.717, 1.165) is 23.3 Å². The number of carbonyl (C=O) groups is 1. The number of β-amino-alcohol motifs (C(OH)–C–C–N with tert-alkyl or cyclic N) is 1. The third kappa shape index (κ3) is 2.95. The summed E-state index contributed by atoms with van der Waals surface area (Å²) in [7, 11) is 0. The predicted octanol–water partition coefficient (Wildman–Crippen LogP) is 3.80. The molecule has 2 N–H and O–H groups in total. The van der Waals surface area contributed by atoms with E-state index in [1.165, 1.54) is 0 Å². The molecular weight excluding hydrogens is 352 g/mol. The predicted molar refractivity (Wildman–Crippen MR) is 91.9 cm³/mol. The number of hydrogen-bond donors (Lipinski definition) is 2. The Bertz CT molecular complexity index is 788. The van der Waals surface area contributed by atoms with E-state index in [4.69, 9.17) is 23.2 Å². The minimum atomic E-state index is -0.975. The van der Waals surface area contributed by atoms with Gasteiger partial charge in [-0.25, -0.2) is 4.39 Å². The molecule has 0 bridgehead atoms. The Balaban J connectivity index is 1.98. The summed E-state index contributed by atoms with van der Waals surface area (Å²) in [5.41, 5.74) is 0.875. The second kappa shape index (κ2) is 6.45. The summed E-state index contributed by atoms with van der Waals surface area (Å²) in [6, 6.07) is 9.56. The molecule has 0 spiro atoms. The fraction of sp³-hybridized carbons (Fsp3) is 0.278. The first-order valence-electron chi connectivity index (χ1n) is 7.52. The van der Waals surface area contributed by atoms with Gasteiger partial charge in [0.05, 0.1) is 6.10 Å². The van der Waals surface area contributed by atoms with Gasteiger partial charge in [-0.1, -0.05) is 47.5 Å². The second-order valence-corrected chi connectivity index (χ2v) is 6.87. The number of aliphatic hydroxyl groups excluding tert-OH is 1. The molecule has 2 aromatic rings. The van der Waals surface area contributed by atoms with Gasteiger partial charge in [-0.15, -0.1) is 0 Å². The van der Waals surface area contributed by atoms with E-state index in [1.54, 1.807) is 6.92 Å². The molecule has 126 valence electrons. The average molecular weight is 368 g/mol. The van der Waals surface area contributed by atoms with Crippen LogP contribution in [0.2, 0.25) is 10.0 Å². The number of fused-ring (bicyclic) bond motifs is 1. The van der Waals surface area contributed by atoms with Crippen LogP contribution in [0.5, 0.6) is 0 Å². The molecule has 3 rings (SSSR count). The molecule has 0 unspecified atom stereocenters. The number of ketones is 1. The Morgan fingerprint density at radius 2 is 1.96 bits per heavy atom. The molecule has 1 aliphatic rings. The van der Waals surface area contributed by atoms with Gasteiger partial charge < -0.3 is 5.11 Å². The summed E-state index contributed by atoms with van der Waals surface area (Å²) in [5, 5.41) is 13.5. The molecule has 0 aliphatic carbocycles. The fourth-order valence-corrected chi connectivity index (χ4v) is 3.67. The lowest BCUT2D eigenvalue weighted by Crippen LogP contribution is -2.52. The van der Waals surface area contributed by atoms with Crippen molar-refractivity contribution in [2.75, 3.05) is 6.54 Å². The highest BCUT2D eigenvalue weighted by molar-refractivity contribution is 6.36. The van der Waals surface area contributed by atoms with Crippen LogP contribution < -0.4 is 5.32 Å². The highest BCUT2D eigenvalue weighted by Gasteiger charge is 2.41. The van der Waals surface area contributed by atoms with E-state index >= 15 is 0 Å². The molecule has 0 fully saturated rings. The standard InChI is InChI=1S/C18H16Cl2FNO2/c1-18(13-5-3-2-4-11(13)16(23)9-22-18)17(24)8-12-14(19)6-10(21)7-15(12)20/h2-7,16,22-23H,8-9H2,1H3/t16-,18+/m1/s1. The van der Waals surface area contributed by atoms with Gasteiger partial charge in [0.25, 0.3) is 0 Å². The third-order valence-corrected chi connectivity index (χ3v) is 5.18. The Morgan fingerprint density at radius 3 is 2.62 bits per heavy atom. The van der Waals surface area contributed by atoms with Gasteiger partial charge in [-0.05, 0) is 35.7 Å². The van der Waals surface area contributed by atoms with Gasteiger partial charge in [0.15, 0.2) is 5.78 Å². The molecule has 1 heterocycles. The van der Waals surface area contributed by atoms with E-state index in [-0.39, 0.29) is 28.8 Å². The van der Waals surface area contributed by atoms with Crippen LogP contribution >= 0.6 is 23.2 Å². The molecule has 0 radical (unpaired) electrons. The van der Waals surface area contributed by atoms with Crippen molar-refractivity contribution in [3.63, 3.8) is 0 Å². The number of rotatable bonds is 3. The second-order valence-electron chi connectivity index (χ2n) is 6.06. The van der Waals surface area contributed by atoms with Crippen molar-refractivity contribution >= 4 is 29.0 Å². The molecule has 0 saturated carbocycles. The highest BCUT2D eigenvalue weighted by atomic mass is 35.5. The molecule has 24 heavy (non-hydrogen) atoms. The average Bonchev–Trinajstić information content (AvgIpc) is 2.54. The number of halogens is 3. The first-order valence-corrected chi connectivity index (χ1v) is 8.27. The lowest BCUT2D eigenvalue weighted by molar-refractivity contribution is -0.125. The first kappa shape index (κ1) is 17.4. The van der Waals surface area contributed by atoms with Crippen molar-refractivity contribution in [2.24, 2.45) is 0 Å². The van der Waals surface area contributed by atoms with E-state index < -0.39 is 17.5 Å². The maximum absolute atomic E-state index is 13.3. The van der Waals surface area contributed by atoms with Gasteiger partial charge in [-0.3, -0.25) is 10.1 Å². The first-order chi connectivity index (χ1) is 11.3.